The topological polar surface area (TPSA) is 99.2 Å². The van der Waals surface area contributed by atoms with Crippen LogP contribution in [0, 0.1) is 13.8 Å². The molecule has 55 heavy (non-hydrogen) atoms. The molecule has 1 N–H and O–H groups in total. The van der Waals surface area contributed by atoms with Gasteiger partial charge in [0.25, 0.3) is 0 Å². The van der Waals surface area contributed by atoms with Gasteiger partial charge >= 0.3 is 0 Å². The Hall–Kier alpha value is -4.61. The van der Waals surface area contributed by atoms with Crippen molar-refractivity contribution in [1.29, 1.82) is 0 Å². The minimum absolute atomic E-state index is 0.150. The Morgan fingerprint density at radius 3 is 2.40 bits per heavy atom. The second-order valence-electron chi connectivity index (χ2n) is 14.0. The Kier molecular flexibility index (Phi) is 12.0. The van der Waals surface area contributed by atoms with Crippen LogP contribution in [-0.4, -0.2) is 43.8 Å². The van der Waals surface area contributed by atoms with E-state index in [-0.39, 0.29) is 17.3 Å². The lowest BCUT2D eigenvalue weighted by Crippen LogP contribution is -2.52. The van der Waals surface area contributed by atoms with Crippen LogP contribution in [0.15, 0.2) is 91.1 Å². The highest BCUT2D eigenvalue weighted by Gasteiger charge is 2.37. The zero-order chi connectivity index (χ0) is 38.6. The van der Waals surface area contributed by atoms with E-state index in [9.17, 15) is 9.00 Å². The molecule has 286 valence electrons. The zero-order valence-corrected chi connectivity index (χ0v) is 33.5. The number of amides is 1. The number of aryl methyl sites for hydroxylation is 1. The van der Waals surface area contributed by atoms with E-state index >= 15 is 0 Å². The lowest BCUT2D eigenvalue weighted by atomic mass is 9.94. The van der Waals surface area contributed by atoms with Gasteiger partial charge in [-0.25, -0.2) is 8.51 Å². The standard InChI is InChI=1S/C43H43Cl2N3O6S/c1-26(2)55(50)48-23-33-22-41-40(52-25-42(54-41)31-8-12-34(13-9-31)51-24-30-7-14-36(44)37(45)19-30)21-32(33)20-38(48)43(49)47-17-15-29-5-10-35(11-6-29)53-39-16-18-46-28(4)27(39)3/h5-14,16,18-19,21-22,26,38,42H,15,17,20,23-25H2,1-4H3,(H,47,49). The van der Waals surface area contributed by atoms with E-state index in [0.717, 1.165) is 50.6 Å². The maximum atomic E-state index is 13.7. The third-order valence-corrected chi connectivity index (χ3v) is 12.3. The molecule has 0 bridgehead atoms. The third-order valence-electron chi connectivity index (χ3n) is 9.86. The SMILES string of the molecule is Cc1nccc(Oc2ccc(CCNC(=O)C3Cc4cc5c(cc4CN3S(=O)C(C)C)OC(c3ccc(OCc4ccc(Cl)c(Cl)c4)cc3)CO5)cc2)c1C. The molecule has 0 fully saturated rings. The van der Waals surface area contributed by atoms with E-state index in [1.165, 1.54) is 0 Å². The Labute approximate surface area is 334 Å². The summed E-state index contributed by atoms with van der Waals surface area (Å²) in [6.07, 6.45) is 2.47. The van der Waals surface area contributed by atoms with Gasteiger partial charge in [-0.15, -0.1) is 0 Å². The molecule has 0 saturated heterocycles. The molecule has 1 aromatic heterocycles. The first-order valence-corrected chi connectivity index (χ1v) is 20.2. The van der Waals surface area contributed by atoms with Crippen LogP contribution < -0.4 is 24.3 Å². The Balaban J connectivity index is 0.969. The predicted molar refractivity (Wildman–Crippen MR) is 216 cm³/mol. The van der Waals surface area contributed by atoms with E-state index < -0.39 is 17.0 Å². The number of carbonyl (C=O) groups excluding carboxylic acids is 1. The van der Waals surface area contributed by atoms with Gasteiger partial charge in [0.2, 0.25) is 5.91 Å². The maximum Gasteiger partial charge on any atom is 0.238 e. The third kappa shape index (κ3) is 9.10. The molecule has 3 unspecified atom stereocenters. The van der Waals surface area contributed by atoms with Crippen molar-refractivity contribution in [1.82, 2.24) is 14.6 Å². The molecule has 2 aliphatic heterocycles. The van der Waals surface area contributed by atoms with Crippen molar-refractivity contribution in [3.63, 3.8) is 0 Å². The molecular formula is C43H43Cl2N3O6S. The molecule has 9 nitrogen and oxygen atoms in total. The van der Waals surface area contributed by atoms with Crippen molar-refractivity contribution in [3.05, 3.63) is 140 Å². The van der Waals surface area contributed by atoms with Gasteiger partial charge < -0.3 is 24.3 Å². The summed E-state index contributed by atoms with van der Waals surface area (Å²) in [5, 5.41) is 3.94. The highest BCUT2D eigenvalue weighted by Crippen LogP contribution is 2.41. The van der Waals surface area contributed by atoms with Crippen molar-refractivity contribution >= 4 is 40.1 Å². The summed E-state index contributed by atoms with van der Waals surface area (Å²) in [5.41, 5.74) is 6.82. The minimum atomic E-state index is -1.38. The monoisotopic (exact) mass is 799 g/mol. The fourth-order valence-electron chi connectivity index (χ4n) is 6.58. The largest absolute Gasteiger partial charge is 0.489 e. The maximum absolute atomic E-state index is 13.7. The van der Waals surface area contributed by atoms with Crippen LogP contribution in [-0.2, 0) is 41.8 Å². The van der Waals surface area contributed by atoms with Gasteiger partial charge in [0.05, 0.1) is 21.0 Å². The molecule has 0 radical (unpaired) electrons. The van der Waals surface area contributed by atoms with Gasteiger partial charge in [-0.1, -0.05) is 53.5 Å². The lowest BCUT2D eigenvalue weighted by Gasteiger charge is -2.37. The van der Waals surface area contributed by atoms with E-state index in [2.05, 4.69) is 10.3 Å². The van der Waals surface area contributed by atoms with Crippen LogP contribution in [0.4, 0.5) is 0 Å². The van der Waals surface area contributed by atoms with Crippen LogP contribution in [0.5, 0.6) is 28.7 Å². The number of hydrogen-bond donors (Lipinski definition) is 1. The van der Waals surface area contributed by atoms with Crippen molar-refractivity contribution in [2.45, 2.75) is 71.1 Å². The van der Waals surface area contributed by atoms with E-state index in [0.29, 0.717) is 66.4 Å². The Morgan fingerprint density at radius 1 is 0.927 bits per heavy atom. The number of halogens is 2. The van der Waals surface area contributed by atoms with Gasteiger partial charge in [0, 0.05) is 35.8 Å². The highest BCUT2D eigenvalue weighted by molar-refractivity contribution is 7.83. The summed E-state index contributed by atoms with van der Waals surface area (Å²) in [4.78, 5) is 18.0. The van der Waals surface area contributed by atoms with Crippen molar-refractivity contribution in [2.75, 3.05) is 13.2 Å². The fourth-order valence-corrected chi connectivity index (χ4v) is 8.13. The summed E-state index contributed by atoms with van der Waals surface area (Å²) < 4.78 is 40.1. The molecule has 4 aromatic carbocycles. The van der Waals surface area contributed by atoms with Crippen LogP contribution >= 0.6 is 23.2 Å². The lowest BCUT2D eigenvalue weighted by molar-refractivity contribution is -0.125. The first-order valence-electron chi connectivity index (χ1n) is 18.3. The predicted octanol–water partition coefficient (Wildman–Crippen LogP) is 9.05. The number of ether oxygens (including phenoxy) is 4. The van der Waals surface area contributed by atoms with Crippen LogP contribution in [0.1, 0.15) is 59.0 Å². The van der Waals surface area contributed by atoms with Crippen molar-refractivity contribution < 1.29 is 28.0 Å². The minimum Gasteiger partial charge on any atom is -0.489 e. The second kappa shape index (κ2) is 17.0. The van der Waals surface area contributed by atoms with E-state index in [1.54, 1.807) is 18.3 Å². The highest BCUT2D eigenvalue weighted by atomic mass is 35.5. The van der Waals surface area contributed by atoms with Crippen LogP contribution in [0.2, 0.25) is 10.0 Å². The number of rotatable bonds is 12. The number of hydrogen-bond acceptors (Lipinski definition) is 7. The van der Waals surface area contributed by atoms with Gasteiger partial charge in [-0.3, -0.25) is 9.78 Å². The second-order valence-corrected chi connectivity index (χ2v) is 16.8. The quantitative estimate of drug-likeness (QED) is 0.135. The molecule has 2 aliphatic rings. The van der Waals surface area contributed by atoms with Gasteiger partial charge in [0.15, 0.2) is 17.6 Å². The first kappa shape index (κ1) is 38.7. The molecule has 3 heterocycles. The summed E-state index contributed by atoms with van der Waals surface area (Å²) in [5.74, 6) is 3.33. The average Bonchev–Trinajstić information content (AvgIpc) is 3.19. The summed E-state index contributed by atoms with van der Waals surface area (Å²) in [6, 6.07) is 26.2. The van der Waals surface area contributed by atoms with Gasteiger partial charge in [0.1, 0.15) is 36.5 Å². The van der Waals surface area contributed by atoms with E-state index in [1.807, 2.05) is 105 Å². The normalized spacial score (nSPS) is 17.0. The molecule has 0 spiro atoms. The molecule has 5 aromatic rings. The van der Waals surface area contributed by atoms with Crippen molar-refractivity contribution in [2.24, 2.45) is 0 Å². The zero-order valence-electron chi connectivity index (χ0n) is 31.1. The van der Waals surface area contributed by atoms with Gasteiger partial charge in [-0.05, 0) is 123 Å². The number of carbonyl (C=O) groups is 1. The molecule has 3 atom stereocenters. The average molecular weight is 801 g/mol. The first-order chi connectivity index (χ1) is 26.5. The van der Waals surface area contributed by atoms with Gasteiger partial charge in [-0.2, -0.15) is 0 Å². The summed E-state index contributed by atoms with van der Waals surface area (Å²) >= 11 is 12.2. The van der Waals surface area contributed by atoms with Crippen LogP contribution in [0.3, 0.4) is 0 Å². The molecular weight excluding hydrogens is 757 g/mol. The molecule has 12 heteroatoms. The molecule has 1 amide bonds. The number of aromatic nitrogens is 1. The molecule has 0 saturated carbocycles. The smallest absolute Gasteiger partial charge is 0.238 e. The number of pyridine rings is 1. The van der Waals surface area contributed by atoms with Crippen LogP contribution in [0.25, 0.3) is 0 Å². The number of nitrogens with zero attached hydrogens (tertiary/aromatic N) is 2. The Bertz CT molecular complexity index is 2200. The summed E-state index contributed by atoms with van der Waals surface area (Å²) in [6.45, 7) is 9.24. The van der Waals surface area contributed by atoms with E-state index in [4.69, 9.17) is 42.1 Å². The Morgan fingerprint density at radius 2 is 1.65 bits per heavy atom. The molecule has 7 rings (SSSR count). The fraction of sp³-hybridized carbons (Fsp3) is 0.302. The summed E-state index contributed by atoms with van der Waals surface area (Å²) in [7, 11) is -1.38. The number of benzene rings is 4. The molecule has 0 aliphatic carbocycles. The van der Waals surface area contributed by atoms with Crippen molar-refractivity contribution in [3.8, 4) is 28.7 Å². The number of fused-ring (bicyclic) bond motifs is 2. The number of nitrogens with one attached hydrogen (secondary N) is 1.